The third-order valence-corrected chi connectivity index (χ3v) is 2.84. The Bertz CT molecular complexity index is 773. The van der Waals surface area contributed by atoms with E-state index in [1.54, 1.807) is 6.92 Å². The van der Waals surface area contributed by atoms with E-state index >= 15 is 0 Å². The summed E-state index contributed by atoms with van der Waals surface area (Å²) in [5.74, 6) is -1.05. The first-order valence-electron chi connectivity index (χ1n) is 6.21. The molecule has 0 fully saturated rings. The lowest BCUT2D eigenvalue weighted by atomic mass is 10.2. The molecule has 1 amide bonds. The molecule has 2 rings (SSSR count). The molecule has 0 bridgehead atoms. The molecule has 1 N–H and O–H groups in total. The second-order valence-electron chi connectivity index (χ2n) is 4.37. The van der Waals surface area contributed by atoms with Gasteiger partial charge in [0.15, 0.2) is 12.4 Å². The van der Waals surface area contributed by atoms with Crippen LogP contribution in [0.1, 0.15) is 16.1 Å². The van der Waals surface area contributed by atoms with Crippen LogP contribution in [0.2, 0.25) is 5.02 Å². The molecule has 9 nitrogen and oxygen atoms in total. The molecule has 120 valence electrons. The number of nitro benzene ring substituents is 1. The van der Waals surface area contributed by atoms with Crippen LogP contribution in [0.3, 0.4) is 0 Å². The number of esters is 1. The van der Waals surface area contributed by atoms with Crippen molar-refractivity contribution in [3.63, 3.8) is 0 Å². The summed E-state index contributed by atoms with van der Waals surface area (Å²) in [5.41, 5.74) is -0.806. The van der Waals surface area contributed by atoms with E-state index in [0.29, 0.717) is 5.76 Å². The van der Waals surface area contributed by atoms with Crippen molar-refractivity contribution in [1.29, 1.82) is 0 Å². The maximum absolute atomic E-state index is 11.9. The van der Waals surface area contributed by atoms with Crippen LogP contribution in [0.25, 0.3) is 0 Å². The number of anilines is 1. The number of benzene rings is 1. The van der Waals surface area contributed by atoms with E-state index in [-0.39, 0.29) is 16.4 Å². The van der Waals surface area contributed by atoms with E-state index in [1.807, 2.05) is 0 Å². The van der Waals surface area contributed by atoms with Crippen molar-refractivity contribution in [2.75, 3.05) is 11.9 Å². The summed E-state index contributed by atoms with van der Waals surface area (Å²) in [6.07, 6.45) is 0. The van der Waals surface area contributed by atoms with E-state index < -0.39 is 29.1 Å². The first-order chi connectivity index (χ1) is 10.9. The number of aryl methyl sites for hydroxylation is 1. The van der Waals surface area contributed by atoms with Gasteiger partial charge in [-0.1, -0.05) is 16.8 Å². The van der Waals surface area contributed by atoms with E-state index in [2.05, 4.69) is 10.5 Å². The van der Waals surface area contributed by atoms with Gasteiger partial charge in [0.05, 0.1) is 4.92 Å². The lowest BCUT2D eigenvalue weighted by Crippen LogP contribution is -2.21. The molecule has 0 aliphatic rings. The normalized spacial score (nSPS) is 10.2. The largest absolute Gasteiger partial charge is 0.452 e. The summed E-state index contributed by atoms with van der Waals surface area (Å²) in [6.45, 7) is 0.995. The van der Waals surface area contributed by atoms with Crippen LogP contribution < -0.4 is 5.32 Å². The van der Waals surface area contributed by atoms with Crippen molar-refractivity contribution in [3.8, 4) is 0 Å². The molecule has 23 heavy (non-hydrogen) atoms. The zero-order chi connectivity index (χ0) is 17.0. The Labute approximate surface area is 134 Å². The molecule has 0 saturated heterocycles. The predicted molar refractivity (Wildman–Crippen MR) is 78.3 cm³/mol. The van der Waals surface area contributed by atoms with Crippen LogP contribution in [0, 0.1) is 17.0 Å². The highest BCUT2D eigenvalue weighted by Gasteiger charge is 2.22. The monoisotopic (exact) mass is 339 g/mol. The molecule has 0 unspecified atom stereocenters. The highest BCUT2D eigenvalue weighted by atomic mass is 35.5. The Morgan fingerprint density at radius 1 is 1.43 bits per heavy atom. The first kappa shape index (κ1) is 16.4. The summed E-state index contributed by atoms with van der Waals surface area (Å²) in [7, 11) is 0. The summed E-state index contributed by atoms with van der Waals surface area (Å²) >= 11 is 5.71. The molecule has 10 heteroatoms. The van der Waals surface area contributed by atoms with Gasteiger partial charge in [0.1, 0.15) is 11.3 Å². The standard InChI is InChI=1S/C13H10ClN3O6/c1-7-4-11(16-23-7)15-12(18)6-22-13(19)9-5-8(14)2-3-10(9)17(20)21/h2-5H,6H2,1H3,(H,15,16,18). The van der Waals surface area contributed by atoms with Gasteiger partial charge in [-0.15, -0.1) is 0 Å². The summed E-state index contributed by atoms with van der Waals surface area (Å²) < 4.78 is 9.50. The fourth-order valence-corrected chi connectivity index (χ4v) is 1.82. The molecule has 1 heterocycles. The number of halogens is 1. The lowest BCUT2D eigenvalue weighted by Gasteiger charge is -2.05. The van der Waals surface area contributed by atoms with E-state index in [9.17, 15) is 19.7 Å². The Morgan fingerprint density at radius 2 is 2.17 bits per heavy atom. The third kappa shape index (κ3) is 4.27. The van der Waals surface area contributed by atoms with E-state index in [4.69, 9.17) is 20.9 Å². The van der Waals surface area contributed by atoms with Crippen LogP contribution in [0.4, 0.5) is 11.5 Å². The SMILES string of the molecule is Cc1cc(NC(=O)COC(=O)c2cc(Cl)ccc2[N+](=O)[O-])no1. The van der Waals surface area contributed by atoms with Gasteiger partial charge in [0.25, 0.3) is 11.6 Å². The summed E-state index contributed by atoms with van der Waals surface area (Å²) in [5, 5.41) is 16.9. The fourth-order valence-electron chi connectivity index (χ4n) is 1.64. The number of carbonyl (C=O) groups excluding carboxylic acids is 2. The van der Waals surface area contributed by atoms with Gasteiger partial charge in [-0.25, -0.2) is 4.79 Å². The van der Waals surface area contributed by atoms with Crippen molar-refractivity contribution in [3.05, 3.63) is 50.7 Å². The lowest BCUT2D eigenvalue weighted by molar-refractivity contribution is -0.385. The second kappa shape index (κ2) is 6.88. The number of carbonyl (C=O) groups is 2. The molecule has 0 aliphatic heterocycles. The summed E-state index contributed by atoms with van der Waals surface area (Å²) in [6, 6.07) is 4.93. The molecule has 0 aliphatic carbocycles. The number of rotatable bonds is 5. The number of amides is 1. The number of nitrogens with zero attached hydrogens (tertiary/aromatic N) is 2. The quantitative estimate of drug-likeness (QED) is 0.503. The van der Waals surface area contributed by atoms with Gasteiger partial charge in [0, 0.05) is 17.2 Å². The molecule has 0 spiro atoms. The predicted octanol–water partition coefficient (Wildman–Crippen LogP) is 2.34. The third-order valence-electron chi connectivity index (χ3n) is 2.61. The van der Waals surface area contributed by atoms with Gasteiger partial charge in [-0.05, 0) is 19.1 Å². The van der Waals surface area contributed by atoms with Crippen molar-refractivity contribution in [2.45, 2.75) is 6.92 Å². The van der Waals surface area contributed by atoms with Crippen LogP contribution in [-0.4, -0.2) is 28.6 Å². The van der Waals surface area contributed by atoms with Gasteiger partial charge < -0.3 is 14.6 Å². The number of nitrogens with one attached hydrogen (secondary N) is 1. The smallest absolute Gasteiger partial charge is 0.345 e. The van der Waals surface area contributed by atoms with Crippen molar-refractivity contribution >= 4 is 35.0 Å². The molecule has 0 saturated carbocycles. The zero-order valence-electron chi connectivity index (χ0n) is 11.7. The molecule has 0 radical (unpaired) electrons. The van der Waals surface area contributed by atoms with Crippen LogP contribution in [-0.2, 0) is 9.53 Å². The number of hydrogen-bond donors (Lipinski definition) is 1. The average Bonchev–Trinajstić information content (AvgIpc) is 2.89. The highest BCUT2D eigenvalue weighted by molar-refractivity contribution is 6.31. The Morgan fingerprint density at radius 3 is 2.78 bits per heavy atom. The fraction of sp³-hybridized carbons (Fsp3) is 0.154. The highest BCUT2D eigenvalue weighted by Crippen LogP contribution is 2.23. The van der Waals surface area contributed by atoms with Crippen molar-refractivity contribution in [1.82, 2.24) is 5.16 Å². The minimum absolute atomic E-state index is 0.130. The number of nitro groups is 1. The number of ether oxygens (including phenoxy) is 1. The van der Waals surface area contributed by atoms with Crippen LogP contribution in [0.15, 0.2) is 28.8 Å². The number of aromatic nitrogens is 1. The maximum Gasteiger partial charge on any atom is 0.345 e. The first-order valence-corrected chi connectivity index (χ1v) is 6.59. The van der Waals surface area contributed by atoms with Crippen molar-refractivity contribution in [2.24, 2.45) is 0 Å². The van der Waals surface area contributed by atoms with Gasteiger partial charge >= 0.3 is 5.97 Å². The second-order valence-corrected chi connectivity index (χ2v) is 4.80. The minimum atomic E-state index is -1.04. The number of hydrogen-bond acceptors (Lipinski definition) is 7. The average molecular weight is 340 g/mol. The molecular weight excluding hydrogens is 330 g/mol. The summed E-state index contributed by atoms with van der Waals surface area (Å²) in [4.78, 5) is 33.6. The van der Waals surface area contributed by atoms with Crippen molar-refractivity contribution < 1.29 is 23.8 Å². The maximum atomic E-state index is 11.9. The molecule has 2 aromatic rings. The van der Waals surface area contributed by atoms with Gasteiger partial charge in [-0.3, -0.25) is 14.9 Å². The molecule has 0 atom stereocenters. The Balaban J connectivity index is 2.01. The van der Waals surface area contributed by atoms with E-state index in [1.165, 1.54) is 12.1 Å². The molecule has 1 aromatic carbocycles. The van der Waals surface area contributed by atoms with Gasteiger partial charge in [-0.2, -0.15) is 0 Å². The Hall–Kier alpha value is -2.94. The molecule has 1 aromatic heterocycles. The minimum Gasteiger partial charge on any atom is -0.452 e. The van der Waals surface area contributed by atoms with Crippen LogP contribution in [0.5, 0.6) is 0 Å². The zero-order valence-corrected chi connectivity index (χ0v) is 12.5. The van der Waals surface area contributed by atoms with Crippen LogP contribution >= 0.6 is 11.6 Å². The van der Waals surface area contributed by atoms with E-state index in [0.717, 1.165) is 12.1 Å². The Kier molecular flexibility index (Phi) is 4.91. The molecular formula is C13H10ClN3O6. The topological polar surface area (TPSA) is 125 Å². The van der Waals surface area contributed by atoms with Gasteiger partial charge in [0.2, 0.25) is 0 Å².